The minimum Gasteiger partial charge on any atom is -0.366 e. The zero-order valence-electron chi connectivity index (χ0n) is 10.5. The molecule has 0 fully saturated rings. The molecule has 4 nitrogen and oxygen atoms in total. The Balaban J connectivity index is 2.24. The lowest BCUT2D eigenvalue weighted by atomic mass is 10.1. The maximum absolute atomic E-state index is 12.0. The van der Waals surface area contributed by atoms with E-state index in [1.807, 2.05) is 19.1 Å². The predicted molar refractivity (Wildman–Crippen MR) is 74.1 cm³/mol. The lowest BCUT2D eigenvalue weighted by Gasteiger charge is -2.08. The first kappa shape index (κ1) is 12.8. The van der Waals surface area contributed by atoms with Crippen LogP contribution in [0.2, 0.25) is 0 Å². The first-order valence-electron chi connectivity index (χ1n) is 5.85. The van der Waals surface area contributed by atoms with E-state index in [1.54, 1.807) is 36.4 Å². The number of amides is 2. The van der Waals surface area contributed by atoms with Gasteiger partial charge >= 0.3 is 0 Å². The van der Waals surface area contributed by atoms with E-state index in [-0.39, 0.29) is 5.91 Å². The molecule has 4 heteroatoms. The number of hydrogen-bond acceptors (Lipinski definition) is 2. The van der Waals surface area contributed by atoms with Gasteiger partial charge in [-0.3, -0.25) is 9.59 Å². The van der Waals surface area contributed by atoms with Crippen LogP contribution < -0.4 is 11.1 Å². The normalized spacial score (nSPS) is 9.95. The van der Waals surface area contributed by atoms with Crippen LogP contribution in [0.4, 0.5) is 5.69 Å². The Kier molecular flexibility index (Phi) is 3.61. The second kappa shape index (κ2) is 5.35. The highest BCUT2D eigenvalue weighted by Crippen LogP contribution is 2.15. The fourth-order valence-electron chi connectivity index (χ4n) is 1.71. The van der Waals surface area contributed by atoms with Crippen molar-refractivity contribution >= 4 is 17.5 Å². The summed E-state index contributed by atoms with van der Waals surface area (Å²) in [6, 6.07) is 13.8. The van der Waals surface area contributed by atoms with Gasteiger partial charge in [-0.05, 0) is 31.2 Å². The maximum Gasteiger partial charge on any atom is 0.255 e. The number of carbonyl (C=O) groups is 2. The first-order valence-corrected chi connectivity index (χ1v) is 5.85. The number of nitrogens with one attached hydrogen (secondary N) is 1. The van der Waals surface area contributed by atoms with E-state index < -0.39 is 5.91 Å². The molecular formula is C15H14N2O2. The van der Waals surface area contributed by atoms with Gasteiger partial charge in [0, 0.05) is 5.56 Å². The number of carbonyl (C=O) groups excluding carboxylic acids is 2. The summed E-state index contributed by atoms with van der Waals surface area (Å²) in [7, 11) is 0. The van der Waals surface area contributed by atoms with E-state index in [1.165, 1.54) is 0 Å². The summed E-state index contributed by atoms with van der Waals surface area (Å²) in [6.45, 7) is 1.95. The number of para-hydroxylation sites is 1. The third-order valence-corrected chi connectivity index (χ3v) is 2.75. The molecule has 0 aliphatic rings. The van der Waals surface area contributed by atoms with Gasteiger partial charge in [0.2, 0.25) is 0 Å². The zero-order valence-corrected chi connectivity index (χ0v) is 10.5. The van der Waals surface area contributed by atoms with Crippen LogP contribution in [0, 0.1) is 6.92 Å². The molecular weight excluding hydrogens is 240 g/mol. The number of aryl methyl sites for hydroxylation is 1. The molecule has 0 atom stereocenters. The van der Waals surface area contributed by atoms with E-state index in [0.717, 1.165) is 5.56 Å². The van der Waals surface area contributed by atoms with E-state index in [0.29, 0.717) is 16.8 Å². The average Bonchev–Trinajstić information content (AvgIpc) is 2.39. The standard InChI is InChI=1S/C15H14N2O2/c1-10-6-8-11(9-7-10)15(19)17-13-5-3-2-4-12(13)14(16)18/h2-9H,1H3,(H2,16,18)(H,17,19). The summed E-state index contributed by atoms with van der Waals surface area (Å²) in [6.07, 6.45) is 0. The van der Waals surface area contributed by atoms with Gasteiger partial charge < -0.3 is 11.1 Å². The van der Waals surface area contributed by atoms with Gasteiger partial charge in [0.1, 0.15) is 0 Å². The molecule has 0 saturated heterocycles. The Bertz CT molecular complexity index is 618. The van der Waals surface area contributed by atoms with Gasteiger partial charge in [-0.2, -0.15) is 0 Å². The van der Waals surface area contributed by atoms with Gasteiger partial charge in [0.25, 0.3) is 11.8 Å². The summed E-state index contributed by atoms with van der Waals surface area (Å²) in [5.41, 5.74) is 7.58. The molecule has 96 valence electrons. The number of anilines is 1. The molecule has 3 N–H and O–H groups in total. The van der Waals surface area contributed by atoms with Crippen LogP contribution in [-0.2, 0) is 0 Å². The Morgan fingerprint density at radius 3 is 2.26 bits per heavy atom. The fraction of sp³-hybridized carbons (Fsp3) is 0.0667. The molecule has 0 spiro atoms. The van der Waals surface area contributed by atoms with E-state index in [2.05, 4.69) is 5.32 Å². The maximum atomic E-state index is 12.0. The summed E-state index contributed by atoms with van der Waals surface area (Å²) in [5.74, 6) is -0.839. The van der Waals surface area contributed by atoms with Crippen molar-refractivity contribution in [1.82, 2.24) is 0 Å². The topological polar surface area (TPSA) is 72.2 Å². The van der Waals surface area contributed by atoms with E-state index in [4.69, 9.17) is 5.73 Å². The quantitative estimate of drug-likeness (QED) is 0.882. The third kappa shape index (κ3) is 2.98. The largest absolute Gasteiger partial charge is 0.366 e. The minimum atomic E-state index is -0.570. The highest BCUT2D eigenvalue weighted by molar-refractivity contribution is 6.08. The monoisotopic (exact) mass is 254 g/mol. The van der Waals surface area contributed by atoms with Crippen molar-refractivity contribution in [3.8, 4) is 0 Å². The van der Waals surface area contributed by atoms with Crippen LogP contribution >= 0.6 is 0 Å². The van der Waals surface area contributed by atoms with Gasteiger partial charge in [-0.25, -0.2) is 0 Å². The van der Waals surface area contributed by atoms with E-state index in [9.17, 15) is 9.59 Å². The number of rotatable bonds is 3. The molecule has 0 bridgehead atoms. The lowest BCUT2D eigenvalue weighted by molar-refractivity contribution is 0.100. The summed E-state index contributed by atoms with van der Waals surface area (Å²) < 4.78 is 0. The van der Waals surface area contributed by atoms with Crippen molar-refractivity contribution < 1.29 is 9.59 Å². The van der Waals surface area contributed by atoms with Gasteiger partial charge in [0.05, 0.1) is 11.3 Å². The molecule has 0 aliphatic carbocycles. The van der Waals surface area contributed by atoms with Crippen LogP contribution in [0.3, 0.4) is 0 Å². The zero-order chi connectivity index (χ0) is 13.8. The minimum absolute atomic E-state index is 0.270. The second-order valence-corrected chi connectivity index (χ2v) is 4.23. The number of benzene rings is 2. The molecule has 0 saturated carbocycles. The molecule has 2 rings (SSSR count). The Morgan fingerprint density at radius 1 is 1.00 bits per heavy atom. The van der Waals surface area contributed by atoms with Crippen LogP contribution in [0.1, 0.15) is 26.3 Å². The third-order valence-electron chi connectivity index (χ3n) is 2.75. The summed E-state index contributed by atoms with van der Waals surface area (Å²) >= 11 is 0. The van der Waals surface area contributed by atoms with Crippen LogP contribution in [0.15, 0.2) is 48.5 Å². The molecule has 0 aromatic heterocycles. The fourth-order valence-corrected chi connectivity index (χ4v) is 1.71. The van der Waals surface area contributed by atoms with Crippen LogP contribution in [-0.4, -0.2) is 11.8 Å². The SMILES string of the molecule is Cc1ccc(C(=O)Nc2ccccc2C(N)=O)cc1. The summed E-state index contributed by atoms with van der Waals surface area (Å²) in [5, 5.41) is 2.69. The molecule has 2 aromatic rings. The molecule has 0 unspecified atom stereocenters. The molecule has 0 heterocycles. The number of nitrogens with two attached hydrogens (primary N) is 1. The van der Waals surface area contributed by atoms with Gasteiger partial charge in [0.15, 0.2) is 0 Å². The van der Waals surface area contributed by atoms with Crippen molar-refractivity contribution in [3.63, 3.8) is 0 Å². The van der Waals surface area contributed by atoms with Crippen molar-refractivity contribution in [3.05, 3.63) is 65.2 Å². The Labute approximate surface area is 111 Å². The van der Waals surface area contributed by atoms with Crippen LogP contribution in [0.5, 0.6) is 0 Å². The van der Waals surface area contributed by atoms with Crippen LogP contribution in [0.25, 0.3) is 0 Å². The van der Waals surface area contributed by atoms with E-state index >= 15 is 0 Å². The second-order valence-electron chi connectivity index (χ2n) is 4.23. The summed E-state index contributed by atoms with van der Waals surface area (Å²) in [4.78, 5) is 23.3. The number of hydrogen-bond donors (Lipinski definition) is 2. The molecule has 0 radical (unpaired) electrons. The Hall–Kier alpha value is -2.62. The van der Waals surface area contributed by atoms with Crippen molar-refractivity contribution in [1.29, 1.82) is 0 Å². The average molecular weight is 254 g/mol. The predicted octanol–water partition coefficient (Wildman–Crippen LogP) is 2.35. The molecule has 19 heavy (non-hydrogen) atoms. The van der Waals surface area contributed by atoms with Crippen molar-refractivity contribution in [2.75, 3.05) is 5.32 Å². The highest BCUT2D eigenvalue weighted by Gasteiger charge is 2.11. The van der Waals surface area contributed by atoms with Crippen molar-refractivity contribution in [2.24, 2.45) is 5.73 Å². The molecule has 2 amide bonds. The Morgan fingerprint density at radius 2 is 1.63 bits per heavy atom. The molecule has 0 aliphatic heterocycles. The van der Waals surface area contributed by atoms with Crippen molar-refractivity contribution in [2.45, 2.75) is 6.92 Å². The van der Waals surface area contributed by atoms with Gasteiger partial charge in [-0.15, -0.1) is 0 Å². The lowest BCUT2D eigenvalue weighted by Crippen LogP contribution is -2.18. The smallest absolute Gasteiger partial charge is 0.255 e. The molecule has 2 aromatic carbocycles. The van der Waals surface area contributed by atoms with Gasteiger partial charge in [-0.1, -0.05) is 29.8 Å². The highest BCUT2D eigenvalue weighted by atomic mass is 16.2. The number of primary amides is 1. The first-order chi connectivity index (χ1) is 9.08.